The van der Waals surface area contributed by atoms with Gasteiger partial charge in [-0.3, -0.25) is 4.79 Å². The highest BCUT2D eigenvalue weighted by molar-refractivity contribution is 5.79. The van der Waals surface area contributed by atoms with Crippen molar-refractivity contribution in [3.63, 3.8) is 0 Å². The Kier molecular flexibility index (Phi) is 5.68. The molecule has 6 heteroatoms. The first-order chi connectivity index (χ1) is 10.2. The fourth-order valence-corrected chi connectivity index (χ4v) is 1.96. The monoisotopic (exact) mass is 294 g/mol. The van der Waals surface area contributed by atoms with E-state index in [1.165, 1.54) is 0 Å². The summed E-state index contributed by atoms with van der Waals surface area (Å²) in [6.07, 6.45) is 0.755. The van der Waals surface area contributed by atoms with Crippen molar-refractivity contribution in [2.75, 3.05) is 40.5 Å². The van der Waals surface area contributed by atoms with E-state index in [4.69, 9.17) is 14.2 Å². The van der Waals surface area contributed by atoms with Crippen LogP contribution in [-0.4, -0.2) is 46.4 Å². The highest BCUT2D eigenvalue weighted by Gasteiger charge is 2.23. The standard InChI is InChI=1S/C15H22N2O4/c1-19-12-6-13(20-2)8-14(7-12)21-5-3-4-17-15(18)11-9-16-10-11/h6-8,11,16H,3-5,9-10H2,1-2H3,(H,17,18). The first-order valence-corrected chi connectivity index (χ1v) is 7.07. The third-order valence-corrected chi connectivity index (χ3v) is 3.37. The number of carbonyl (C=O) groups excluding carboxylic acids is 1. The molecule has 2 N–H and O–H groups in total. The van der Waals surface area contributed by atoms with Crippen molar-refractivity contribution in [2.45, 2.75) is 6.42 Å². The lowest BCUT2D eigenvalue weighted by molar-refractivity contribution is -0.126. The largest absolute Gasteiger partial charge is 0.496 e. The maximum absolute atomic E-state index is 11.6. The van der Waals surface area contributed by atoms with Crippen LogP contribution in [0.25, 0.3) is 0 Å². The molecule has 1 saturated heterocycles. The summed E-state index contributed by atoms with van der Waals surface area (Å²) in [5, 5.41) is 5.99. The molecule has 0 spiro atoms. The van der Waals surface area contributed by atoms with Crippen LogP contribution in [0.15, 0.2) is 18.2 Å². The van der Waals surface area contributed by atoms with Gasteiger partial charge in [-0.15, -0.1) is 0 Å². The molecule has 0 atom stereocenters. The van der Waals surface area contributed by atoms with E-state index in [-0.39, 0.29) is 11.8 Å². The van der Waals surface area contributed by atoms with E-state index in [9.17, 15) is 4.79 Å². The van der Waals surface area contributed by atoms with Gasteiger partial charge < -0.3 is 24.8 Å². The van der Waals surface area contributed by atoms with Crippen LogP contribution in [0.5, 0.6) is 17.2 Å². The molecular formula is C15H22N2O4. The van der Waals surface area contributed by atoms with E-state index in [0.29, 0.717) is 30.4 Å². The second kappa shape index (κ2) is 7.73. The Bertz CT molecular complexity index is 452. The SMILES string of the molecule is COc1cc(OC)cc(OCCCNC(=O)C2CNC2)c1. The molecule has 1 amide bonds. The third-order valence-electron chi connectivity index (χ3n) is 3.37. The molecule has 0 aromatic heterocycles. The molecule has 1 aliphatic heterocycles. The molecule has 1 aromatic rings. The van der Waals surface area contributed by atoms with Gasteiger partial charge in [0.2, 0.25) is 5.91 Å². The zero-order valence-electron chi connectivity index (χ0n) is 12.5. The number of benzene rings is 1. The average molecular weight is 294 g/mol. The van der Waals surface area contributed by atoms with Crippen LogP contribution in [0.2, 0.25) is 0 Å². The van der Waals surface area contributed by atoms with Crippen molar-refractivity contribution in [2.24, 2.45) is 5.92 Å². The number of amides is 1. The fraction of sp³-hybridized carbons (Fsp3) is 0.533. The average Bonchev–Trinajstić information content (AvgIpc) is 2.44. The number of ether oxygens (including phenoxy) is 3. The lowest BCUT2D eigenvalue weighted by atomic mass is 10.0. The summed E-state index contributed by atoms with van der Waals surface area (Å²) in [5.41, 5.74) is 0. The highest BCUT2D eigenvalue weighted by Crippen LogP contribution is 2.27. The zero-order chi connectivity index (χ0) is 15.1. The van der Waals surface area contributed by atoms with Gasteiger partial charge in [0.15, 0.2) is 0 Å². The molecule has 116 valence electrons. The predicted octanol–water partition coefficient (Wildman–Crippen LogP) is 0.808. The lowest BCUT2D eigenvalue weighted by Gasteiger charge is -2.25. The molecule has 1 aliphatic rings. The van der Waals surface area contributed by atoms with Crippen LogP contribution in [0.1, 0.15) is 6.42 Å². The number of methoxy groups -OCH3 is 2. The number of rotatable bonds is 8. The highest BCUT2D eigenvalue weighted by atomic mass is 16.5. The minimum Gasteiger partial charge on any atom is -0.496 e. The van der Waals surface area contributed by atoms with Crippen molar-refractivity contribution in [1.29, 1.82) is 0 Å². The Morgan fingerprint density at radius 1 is 1.19 bits per heavy atom. The van der Waals surface area contributed by atoms with Gasteiger partial charge in [-0.2, -0.15) is 0 Å². The Morgan fingerprint density at radius 3 is 2.33 bits per heavy atom. The smallest absolute Gasteiger partial charge is 0.225 e. The lowest BCUT2D eigenvalue weighted by Crippen LogP contribution is -2.50. The molecule has 0 aliphatic carbocycles. The Hall–Kier alpha value is -1.95. The molecule has 2 rings (SSSR count). The first kappa shape index (κ1) is 15.4. The number of nitrogens with one attached hydrogen (secondary N) is 2. The molecule has 0 radical (unpaired) electrons. The van der Waals surface area contributed by atoms with E-state index >= 15 is 0 Å². The summed E-state index contributed by atoms with van der Waals surface area (Å²) in [4.78, 5) is 11.6. The normalized spacial score (nSPS) is 14.2. The quantitative estimate of drug-likeness (QED) is 0.694. The summed E-state index contributed by atoms with van der Waals surface area (Å²) >= 11 is 0. The molecule has 21 heavy (non-hydrogen) atoms. The van der Waals surface area contributed by atoms with Crippen molar-refractivity contribution >= 4 is 5.91 Å². The van der Waals surface area contributed by atoms with Gasteiger partial charge in [0.25, 0.3) is 0 Å². The second-order valence-electron chi connectivity index (χ2n) is 4.90. The van der Waals surface area contributed by atoms with Crippen LogP contribution >= 0.6 is 0 Å². The van der Waals surface area contributed by atoms with Gasteiger partial charge in [0, 0.05) is 37.8 Å². The molecule has 0 unspecified atom stereocenters. The van der Waals surface area contributed by atoms with E-state index in [0.717, 1.165) is 19.5 Å². The zero-order valence-corrected chi connectivity index (χ0v) is 12.5. The third kappa shape index (κ3) is 4.53. The number of hydrogen-bond donors (Lipinski definition) is 2. The van der Waals surface area contributed by atoms with Gasteiger partial charge in [-0.25, -0.2) is 0 Å². The molecule has 6 nitrogen and oxygen atoms in total. The number of hydrogen-bond acceptors (Lipinski definition) is 5. The molecule has 1 aromatic carbocycles. The Morgan fingerprint density at radius 2 is 1.81 bits per heavy atom. The van der Waals surface area contributed by atoms with Crippen LogP contribution in [-0.2, 0) is 4.79 Å². The molecule has 1 heterocycles. The predicted molar refractivity (Wildman–Crippen MR) is 79.0 cm³/mol. The van der Waals surface area contributed by atoms with Crippen molar-refractivity contribution in [1.82, 2.24) is 10.6 Å². The van der Waals surface area contributed by atoms with E-state index < -0.39 is 0 Å². The Labute approximate surface area is 124 Å². The molecular weight excluding hydrogens is 272 g/mol. The molecule has 1 fully saturated rings. The maximum Gasteiger partial charge on any atom is 0.225 e. The minimum absolute atomic E-state index is 0.122. The van der Waals surface area contributed by atoms with E-state index in [1.54, 1.807) is 32.4 Å². The number of carbonyl (C=O) groups is 1. The fourth-order valence-electron chi connectivity index (χ4n) is 1.96. The van der Waals surface area contributed by atoms with Gasteiger partial charge in [0.05, 0.1) is 26.7 Å². The van der Waals surface area contributed by atoms with Crippen LogP contribution < -0.4 is 24.8 Å². The van der Waals surface area contributed by atoms with Crippen LogP contribution in [0, 0.1) is 5.92 Å². The molecule has 0 saturated carbocycles. The van der Waals surface area contributed by atoms with Crippen molar-refractivity contribution in [3.05, 3.63) is 18.2 Å². The summed E-state index contributed by atoms with van der Waals surface area (Å²) in [5.74, 6) is 2.33. The minimum atomic E-state index is 0.122. The van der Waals surface area contributed by atoms with E-state index in [1.807, 2.05) is 0 Å². The first-order valence-electron chi connectivity index (χ1n) is 7.07. The summed E-state index contributed by atoms with van der Waals surface area (Å²) < 4.78 is 16.0. The molecule has 0 bridgehead atoms. The summed E-state index contributed by atoms with van der Waals surface area (Å²) in [6.45, 7) is 2.72. The summed E-state index contributed by atoms with van der Waals surface area (Å²) in [6, 6.07) is 5.40. The van der Waals surface area contributed by atoms with Crippen LogP contribution in [0.3, 0.4) is 0 Å². The van der Waals surface area contributed by atoms with Gasteiger partial charge in [-0.05, 0) is 6.42 Å². The summed E-state index contributed by atoms with van der Waals surface area (Å²) in [7, 11) is 3.20. The van der Waals surface area contributed by atoms with Crippen molar-refractivity contribution in [3.8, 4) is 17.2 Å². The topological polar surface area (TPSA) is 68.8 Å². The van der Waals surface area contributed by atoms with E-state index in [2.05, 4.69) is 10.6 Å². The van der Waals surface area contributed by atoms with Crippen LogP contribution in [0.4, 0.5) is 0 Å². The van der Waals surface area contributed by atoms with Crippen molar-refractivity contribution < 1.29 is 19.0 Å². The van der Waals surface area contributed by atoms with Gasteiger partial charge in [0.1, 0.15) is 17.2 Å². The van der Waals surface area contributed by atoms with Gasteiger partial charge >= 0.3 is 0 Å². The van der Waals surface area contributed by atoms with Gasteiger partial charge in [-0.1, -0.05) is 0 Å². The maximum atomic E-state index is 11.6. The second-order valence-corrected chi connectivity index (χ2v) is 4.90. The Balaban J connectivity index is 1.69.